The second kappa shape index (κ2) is 3.48. The Kier molecular flexibility index (Phi) is 3.25. The van der Waals surface area contributed by atoms with Crippen molar-refractivity contribution >= 4 is 0 Å². The molecule has 0 spiro atoms. The van der Waals surface area contributed by atoms with Gasteiger partial charge in [0.15, 0.2) is 0 Å². The molecule has 0 rings (SSSR count). The lowest BCUT2D eigenvalue weighted by molar-refractivity contribution is 0.673. The van der Waals surface area contributed by atoms with Gasteiger partial charge in [0.05, 0.1) is 0 Å². The second-order valence-corrected chi connectivity index (χ2v) is 2.09. The average molecular weight is 110 g/mol. The number of rotatable bonds is 3. The maximum absolute atomic E-state index is 3.83. The Balaban J connectivity index is 3.62. The van der Waals surface area contributed by atoms with Crippen LogP contribution >= 0.6 is 0 Å². The van der Waals surface area contributed by atoms with Crippen LogP contribution in [0.5, 0.6) is 0 Å². The fourth-order valence-corrected chi connectivity index (χ4v) is 0.463. The van der Waals surface area contributed by atoms with Gasteiger partial charge in [-0.15, -0.1) is 0 Å². The lowest BCUT2D eigenvalue weighted by Gasteiger charge is -2.05. The van der Waals surface area contributed by atoms with E-state index in [1.54, 1.807) is 0 Å². The zero-order valence-electron chi connectivity index (χ0n) is 5.78. The zero-order chi connectivity index (χ0) is 6.57. The monoisotopic (exact) mass is 110 g/mol. The predicted octanol–water partition coefficient (Wildman–Crippen LogP) is 2.77. The van der Waals surface area contributed by atoms with E-state index < -0.39 is 0 Å². The summed E-state index contributed by atoms with van der Waals surface area (Å²) < 4.78 is 0. The van der Waals surface area contributed by atoms with Gasteiger partial charge in [-0.3, -0.25) is 0 Å². The molecule has 0 saturated heterocycles. The smallest absolute Gasteiger partial charge is 0.0199 e. The number of hydrogen-bond acceptors (Lipinski definition) is 0. The van der Waals surface area contributed by atoms with Crippen molar-refractivity contribution < 1.29 is 0 Å². The van der Waals surface area contributed by atoms with Gasteiger partial charge in [-0.25, -0.2) is 0 Å². The van der Waals surface area contributed by atoms with Crippen LogP contribution in [0.3, 0.4) is 0 Å². The molecular weight excluding hydrogens is 96.1 g/mol. The van der Waals surface area contributed by atoms with E-state index in [0.717, 1.165) is 12.0 Å². The first-order chi connectivity index (χ1) is 3.72. The Morgan fingerprint density at radius 1 is 1.75 bits per heavy atom. The van der Waals surface area contributed by atoms with Crippen LogP contribution in [0.4, 0.5) is 0 Å². The SMILES string of the molecule is C=CC(=C)C(C)CC. The van der Waals surface area contributed by atoms with Crippen LogP contribution in [0.2, 0.25) is 0 Å². The molecule has 0 heterocycles. The summed E-state index contributed by atoms with van der Waals surface area (Å²) in [6.45, 7) is 11.8. The molecule has 0 aromatic heterocycles. The van der Waals surface area contributed by atoms with Gasteiger partial charge in [0.2, 0.25) is 0 Å². The Labute approximate surface area is 51.9 Å². The van der Waals surface area contributed by atoms with Gasteiger partial charge in [0.1, 0.15) is 0 Å². The van der Waals surface area contributed by atoms with Crippen molar-refractivity contribution in [2.24, 2.45) is 5.92 Å². The molecule has 0 aliphatic carbocycles. The van der Waals surface area contributed by atoms with E-state index in [2.05, 4.69) is 27.0 Å². The molecule has 1 unspecified atom stereocenters. The van der Waals surface area contributed by atoms with E-state index in [4.69, 9.17) is 0 Å². The molecule has 0 aromatic rings. The molecule has 0 bridgehead atoms. The van der Waals surface area contributed by atoms with Crippen LogP contribution in [0.25, 0.3) is 0 Å². The van der Waals surface area contributed by atoms with Crippen LogP contribution in [-0.4, -0.2) is 0 Å². The summed E-state index contributed by atoms with van der Waals surface area (Å²) in [6, 6.07) is 0. The summed E-state index contributed by atoms with van der Waals surface area (Å²) >= 11 is 0. The molecule has 8 heavy (non-hydrogen) atoms. The van der Waals surface area contributed by atoms with Gasteiger partial charge in [-0.1, -0.05) is 38.7 Å². The third-order valence-electron chi connectivity index (χ3n) is 1.51. The van der Waals surface area contributed by atoms with Crippen molar-refractivity contribution in [1.29, 1.82) is 0 Å². The molecule has 0 nitrogen and oxygen atoms in total. The third kappa shape index (κ3) is 1.97. The Bertz CT molecular complexity index is 90.2. The van der Waals surface area contributed by atoms with Crippen LogP contribution in [-0.2, 0) is 0 Å². The van der Waals surface area contributed by atoms with E-state index in [0.29, 0.717) is 5.92 Å². The van der Waals surface area contributed by atoms with Gasteiger partial charge < -0.3 is 0 Å². The molecule has 0 N–H and O–H groups in total. The number of allylic oxidation sites excluding steroid dienone is 2. The van der Waals surface area contributed by atoms with Gasteiger partial charge >= 0.3 is 0 Å². The maximum atomic E-state index is 3.83. The Morgan fingerprint density at radius 2 is 2.25 bits per heavy atom. The first-order valence-electron chi connectivity index (χ1n) is 3.03. The topological polar surface area (TPSA) is 0 Å². The molecule has 46 valence electrons. The highest BCUT2D eigenvalue weighted by Gasteiger charge is 1.96. The fraction of sp³-hybridized carbons (Fsp3) is 0.500. The van der Waals surface area contributed by atoms with E-state index >= 15 is 0 Å². The summed E-state index contributed by atoms with van der Waals surface area (Å²) in [5.41, 5.74) is 1.15. The van der Waals surface area contributed by atoms with E-state index in [1.165, 1.54) is 0 Å². The normalized spacial score (nSPS) is 12.8. The average Bonchev–Trinajstić information content (AvgIpc) is 1.84. The molecule has 0 amide bonds. The van der Waals surface area contributed by atoms with Crippen molar-refractivity contribution in [3.8, 4) is 0 Å². The summed E-state index contributed by atoms with van der Waals surface area (Å²) in [6.07, 6.45) is 2.99. The van der Waals surface area contributed by atoms with Crippen LogP contribution in [0, 0.1) is 5.92 Å². The van der Waals surface area contributed by atoms with Crippen molar-refractivity contribution in [3.05, 3.63) is 24.8 Å². The highest BCUT2D eigenvalue weighted by molar-refractivity contribution is 5.13. The van der Waals surface area contributed by atoms with Crippen molar-refractivity contribution in [3.63, 3.8) is 0 Å². The minimum Gasteiger partial charge on any atom is -0.0988 e. The quantitative estimate of drug-likeness (QED) is 0.490. The minimum absolute atomic E-state index is 0.604. The van der Waals surface area contributed by atoms with Crippen LogP contribution < -0.4 is 0 Å². The second-order valence-electron chi connectivity index (χ2n) is 2.09. The highest BCUT2D eigenvalue weighted by Crippen LogP contribution is 2.11. The zero-order valence-corrected chi connectivity index (χ0v) is 5.78. The summed E-state index contributed by atoms with van der Waals surface area (Å²) in [7, 11) is 0. The summed E-state index contributed by atoms with van der Waals surface area (Å²) in [5.74, 6) is 0.604. The van der Waals surface area contributed by atoms with Gasteiger partial charge in [0, 0.05) is 0 Å². The lowest BCUT2D eigenvalue weighted by Crippen LogP contribution is -1.91. The fourth-order valence-electron chi connectivity index (χ4n) is 0.463. The van der Waals surface area contributed by atoms with Crippen LogP contribution in [0.15, 0.2) is 24.8 Å². The maximum Gasteiger partial charge on any atom is -0.0199 e. The molecule has 0 radical (unpaired) electrons. The van der Waals surface area contributed by atoms with E-state index in [-0.39, 0.29) is 0 Å². The molecule has 0 saturated carbocycles. The Hall–Kier alpha value is -0.520. The molecule has 0 aliphatic heterocycles. The van der Waals surface area contributed by atoms with Gasteiger partial charge in [-0.2, -0.15) is 0 Å². The van der Waals surface area contributed by atoms with E-state index in [1.807, 2.05) is 6.08 Å². The number of hydrogen-bond donors (Lipinski definition) is 0. The first kappa shape index (κ1) is 7.48. The predicted molar refractivity (Wildman–Crippen MR) is 38.8 cm³/mol. The van der Waals surface area contributed by atoms with Crippen molar-refractivity contribution in [2.45, 2.75) is 20.3 Å². The molecule has 0 aromatic carbocycles. The molecule has 0 fully saturated rings. The van der Waals surface area contributed by atoms with Crippen molar-refractivity contribution in [1.82, 2.24) is 0 Å². The van der Waals surface area contributed by atoms with E-state index in [9.17, 15) is 0 Å². The Morgan fingerprint density at radius 3 is 2.38 bits per heavy atom. The first-order valence-corrected chi connectivity index (χ1v) is 3.03. The lowest BCUT2D eigenvalue weighted by atomic mass is 10.0. The molecule has 1 atom stereocenters. The molecule has 0 aliphatic rings. The minimum atomic E-state index is 0.604. The van der Waals surface area contributed by atoms with Gasteiger partial charge in [-0.05, 0) is 12.3 Å². The third-order valence-corrected chi connectivity index (χ3v) is 1.51. The van der Waals surface area contributed by atoms with Gasteiger partial charge in [0.25, 0.3) is 0 Å². The molecular formula is C8H14. The summed E-state index contributed by atoms with van der Waals surface area (Å²) in [5, 5.41) is 0. The largest absolute Gasteiger partial charge is 0.0988 e. The molecule has 0 heteroatoms. The standard InChI is InChI=1S/C8H14/c1-5-7(3)8(4)6-2/h5,8H,1,3,6H2,2,4H3. The summed E-state index contributed by atoms with van der Waals surface area (Å²) in [4.78, 5) is 0. The highest BCUT2D eigenvalue weighted by atomic mass is 14.0. The van der Waals surface area contributed by atoms with Crippen LogP contribution in [0.1, 0.15) is 20.3 Å². The van der Waals surface area contributed by atoms with Crippen molar-refractivity contribution in [2.75, 3.05) is 0 Å².